The summed E-state index contributed by atoms with van der Waals surface area (Å²) in [5.74, 6) is -3.69. The number of nitrogens with one attached hydrogen (secondary N) is 8. The molecule has 1 aromatic carbocycles. The Morgan fingerprint density at radius 3 is 2.07 bits per heavy atom. The van der Waals surface area contributed by atoms with Gasteiger partial charge in [0.2, 0.25) is 23.6 Å². The molecule has 0 unspecified atom stereocenters. The van der Waals surface area contributed by atoms with Gasteiger partial charge in [0.15, 0.2) is 0 Å². The Morgan fingerprint density at radius 1 is 0.782 bits per heavy atom. The zero-order valence-corrected chi connectivity index (χ0v) is 31.7. The number of hydrogen-bond acceptors (Lipinski definition) is 9. The molecule has 3 heterocycles. The minimum absolute atomic E-state index is 0.0544. The summed E-state index contributed by atoms with van der Waals surface area (Å²) in [5.41, 5.74) is 10.2. The van der Waals surface area contributed by atoms with Gasteiger partial charge >= 0.3 is 6.03 Å². The normalized spacial score (nSPS) is 22.3. The fourth-order valence-electron chi connectivity index (χ4n) is 6.24. The molecule has 1 saturated heterocycles. The molecule has 0 saturated carbocycles. The van der Waals surface area contributed by atoms with Crippen LogP contribution in [0.2, 0.25) is 0 Å². The van der Waals surface area contributed by atoms with Crippen molar-refractivity contribution in [3.8, 4) is 0 Å². The van der Waals surface area contributed by atoms with E-state index in [4.69, 9.17) is 5.73 Å². The van der Waals surface area contributed by atoms with Gasteiger partial charge in [-0.25, -0.2) is 14.8 Å². The van der Waals surface area contributed by atoms with Crippen LogP contribution in [0.4, 0.5) is 4.79 Å². The van der Waals surface area contributed by atoms with Crippen LogP contribution >= 0.6 is 0 Å². The van der Waals surface area contributed by atoms with Crippen LogP contribution in [-0.4, -0.2) is 104 Å². The van der Waals surface area contributed by atoms with Gasteiger partial charge in [-0.15, -0.1) is 0 Å². The summed E-state index contributed by atoms with van der Waals surface area (Å²) < 4.78 is 0. The number of urea groups is 1. The molecule has 1 fully saturated rings. The number of aromatic amines is 2. The molecule has 5 atom stereocenters. The Balaban J connectivity index is 1.75. The Morgan fingerprint density at radius 2 is 1.42 bits per heavy atom. The molecule has 2 aromatic heterocycles. The fraction of sp³-hybridized carbons (Fsp3) is 0.541. The van der Waals surface area contributed by atoms with Crippen LogP contribution in [0.15, 0.2) is 42.9 Å². The minimum atomic E-state index is -1.52. The predicted octanol–water partition coefficient (Wildman–Crippen LogP) is 0.356. The van der Waals surface area contributed by atoms with E-state index in [9.17, 15) is 33.9 Å². The quantitative estimate of drug-likeness (QED) is 0.101. The maximum Gasteiger partial charge on any atom is 0.337 e. The second-order valence-corrected chi connectivity index (χ2v) is 14.2. The lowest BCUT2D eigenvalue weighted by molar-refractivity contribution is -0.136. The van der Waals surface area contributed by atoms with Gasteiger partial charge in [0.25, 0.3) is 5.91 Å². The molecule has 1 aliphatic heterocycles. The summed E-state index contributed by atoms with van der Waals surface area (Å²) in [4.78, 5) is 93.4. The van der Waals surface area contributed by atoms with Gasteiger partial charge in [-0.3, -0.25) is 29.4 Å². The van der Waals surface area contributed by atoms with Gasteiger partial charge in [-0.1, -0.05) is 51.8 Å². The van der Waals surface area contributed by atoms with Crippen molar-refractivity contribution >= 4 is 46.5 Å². The third-order valence-electron chi connectivity index (χ3n) is 9.21. The summed E-state index contributed by atoms with van der Waals surface area (Å²) >= 11 is 0. The number of unbranched alkanes of at least 4 members (excludes halogenated alkanes) is 2. The highest BCUT2D eigenvalue weighted by molar-refractivity contribution is 5.97. The number of aliphatic hydroxyl groups is 1. The number of hydrazine groups is 1. The number of fused-ring (bicyclic) bond motifs is 1. The van der Waals surface area contributed by atoms with Gasteiger partial charge in [-0.05, 0) is 62.1 Å². The van der Waals surface area contributed by atoms with Crippen LogP contribution < -0.4 is 37.7 Å². The Kier molecular flexibility index (Phi) is 16.0. The van der Waals surface area contributed by atoms with Gasteiger partial charge in [-0.2, -0.15) is 0 Å². The van der Waals surface area contributed by atoms with E-state index in [0.29, 0.717) is 43.6 Å². The second-order valence-electron chi connectivity index (χ2n) is 14.2. The largest absolute Gasteiger partial charge is 0.394 e. The molecule has 0 aliphatic carbocycles. The van der Waals surface area contributed by atoms with Gasteiger partial charge in [0.05, 0.1) is 19.5 Å². The molecule has 7 amide bonds. The SMILES string of the molecule is CCCC[C@@H]1NC(=O)[C@@H](CC(C)C)NC(=O)[C@H](CCCCN)NC(=O)[C@@H](CO)NC(=O)[C@H](Cc2cnc[nH]2)NC(=O)N(Cc2cc3ccccc3[nH]2)NC1=O. The number of carbonyl (C=O) groups excluding carboxylic acids is 6. The van der Waals surface area contributed by atoms with Gasteiger partial charge in [0.1, 0.15) is 30.2 Å². The highest BCUT2D eigenvalue weighted by Gasteiger charge is 2.34. The Hall–Kier alpha value is -5.49. The van der Waals surface area contributed by atoms with Crippen LogP contribution in [-0.2, 0) is 36.9 Å². The van der Waals surface area contributed by atoms with E-state index in [2.05, 4.69) is 47.0 Å². The number of benzene rings is 1. The topological polar surface area (TPSA) is 269 Å². The number of rotatable bonds is 14. The second kappa shape index (κ2) is 20.8. The van der Waals surface area contributed by atoms with Crippen molar-refractivity contribution < 1.29 is 33.9 Å². The molecule has 0 spiro atoms. The molecule has 3 aromatic rings. The van der Waals surface area contributed by atoms with Crippen LogP contribution in [0.1, 0.15) is 77.1 Å². The van der Waals surface area contributed by atoms with E-state index in [1.165, 1.54) is 12.5 Å². The van der Waals surface area contributed by atoms with Crippen molar-refractivity contribution in [3.05, 3.63) is 54.2 Å². The maximum absolute atomic E-state index is 14.1. The first-order valence-electron chi connectivity index (χ1n) is 18.9. The molecule has 1 aliphatic rings. The zero-order valence-electron chi connectivity index (χ0n) is 31.7. The molecule has 18 nitrogen and oxygen atoms in total. The van der Waals surface area contributed by atoms with Crippen molar-refractivity contribution in [1.82, 2.24) is 52.0 Å². The molecule has 55 heavy (non-hydrogen) atoms. The lowest BCUT2D eigenvalue weighted by Crippen LogP contribution is -2.63. The molecule has 18 heteroatoms. The van der Waals surface area contributed by atoms with E-state index >= 15 is 0 Å². The van der Waals surface area contributed by atoms with E-state index in [1.807, 2.05) is 51.1 Å². The monoisotopic (exact) mass is 765 g/mol. The summed E-state index contributed by atoms with van der Waals surface area (Å²) in [6.45, 7) is 5.03. The Labute approximate surface area is 319 Å². The number of imidazole rings is 1. The lowest BCUT2D eigenvalue weighted by atomic mass is 10.0. The minimum Gasteiger partial charge on any atom is -0.394 e. The van der Waals surface area contributed by atoms with Crippen molar-refractivity contribution in [2.24, 2.45) is 11.7 Å². The third kappa shape index (κ3) is 12.5. The standard InChI is InChI=1S/C37H55N11O7/c1-4-5-11-28-36(54)47-48(19-25-16-23-10-6-7-12-26(23)41-25)37(55)46-30(17-24-18-39-21-40-24)34(52)45-31(20-49)35(53)42-27(13-8-9-14-38)32(50)44-29(15-22(2)3)33(51)43-28/h6-7,10,12,16,18,21-22,27-31,41,49H,4-5,8-9,11,13-15,17,19-20,38H2,1-3H3,(H,39,40)(H,42,53)(H,43,51)(H,44,50)(H,45,52)(H,46,55)(H,47,54)/t27-,28-,29+,30-,31+/m0/s1. The van der Waals surface area contributed by atoms with Crippen LogP contribution in [0.25, 0.3) is 10.9 Å². The molecule has 0 radical (unpaired) electrons. The van der Waals surface area contributed by atoms with Crippen molar-refractivity contribution in [2.75, 3.05) is 13.2 Å². The lowest BCUT2D eigenvalue weighted by Gasteiger charge is -2.30. The zero-order chi connectivity index (χ0) is 39.9. The number of aliphatic hydroxyl groups excluding tert-OH is 1. The van der Waals surface area contributed by atoms with Crippen molar-refractivity contribution in [1.29, 1.82) is 0 Å². The maximum atomic E-state index is 14.1. The van der Waals surface area contributed by atoms with Crippen molar-refractivity contribution in [2.45, 2.75) is 109 Å². The summed E-state index contributed by atoms with van der Waals surface area (Å²) in [7, 11) is 0. The summed E-state index contributed by atoms with van der Waals surface area (Å²) in [6.07, 6.45) is 5.61. The number of nitrogens with two attached hydrogens (primary N) is 1. The predicted molar refractivity (Wildman–Crippen MR) is 203 cm³/mol. The molecular weight excluding hydrogens is 710 g/mol. The molecular formula is C37H55N11O7. The van der Waals surface area contributed by atoms with Crippen molar-refractivity contribution in [3.63, 3.8) is 0 Å². The number of amides is 7. The van der Waals surface area contributed by atoms with E-state index < -0.39 is 72.4 Å². The average Bonchev–Trinajstić information content (AvgIpc) is 3.83. The molecule has 4 rings (SSSR count). The third-order valence-corrected chi connectivity index (χ3v) is 9.21. The molecule has 0 bridgehead atoms. The van der Waals surface area contributed by atoms with Gasteiger partial charge < -0.3 is 47.4 Å². The number of carbonyl (C=O) groups is 6. The fourth-order valence-corrected chi connectivity index (χ4v) is 6.24. The summed E-state index contributed by atoms with van der Waals surface area (Å²) in [5, 5.41) is 25.4. The molecule has 11 N–H and O–H groups in total. The highest BCUT2D eigenvalue weighted by Crippen LogP contribution is 2.17. The van der Waals surface area contributed by atoms with E-state index in [1.54, 1.807) is 0 Å². The smallest absolute Gasteiger partial charge is 0.337 e. The van der Waals surface area contributed by atoms with Crippen LogP contribution in [0.3, 0.4) is 0 Å². The number of para-hydroxylation sites is 1. The molecule has 300 valence electrons. The number of aromatic nitrogens is 3. The average molecular weight is 766 g/mol. The first-order chi connectivity index (χ1) is 26.4. The first-order valence-corrected chi connectivity index (χ1v) is 18.9. The van der Waals surface area contributed by atoms with Gasteiger partial charge in [0, 0.05) is 29.5 Å². The summed E-state index contributed by atoms with van der Waals surface area (Å²) in [6, 6.07) is 2.21. The number of nitrogens with zero attached hydrogens (tertiary/aromatic N) is 2. The first kappa shape index (κ1) is 42.3. The van der Waals surface area contributed by atoms with E-state index in [0.717, 1.165) is 15.9 Å². The number of hydrogen-bond donors (Lipinski definition) is 10. The Bertz CT molecular complexity index is 1710. The highest BCUT2D eigenvalue weighted by atomic mass is 16.3. The van der Waals surface area contributed by atoms with Crippen LogP contribution in [0.5, 0.6) is 0 Å². The number of H-pyrrole nitrogens is 2. The van der Waals surface area contributed by atoms with E-state index in [-0.39, 0.29) is 38.1 Å². The van der Waals surface area contributed by atoms with Crippen LogP contribution in [0, 0.1) is 5.92 Å².